The Labute approximate surface area is 126 Å². The van der Waals surface area contributed by atoms with Crippen LogP contribution < -0.4 is 0 Å². The van der Waals surface area contributed by atoms with Crippen molar-refractivity contribution in [1.29, 1.82) is 5.26 Å². The Kier molecular flexibility index (Phi) is 5.77. The lowest BCUT2D eigenvalue weighted by atomic mass is 9.94. The largest absolute Gasteiger partial charge is 0.466 e. The van der Waals surface area contributed by atoms with E-state index in [1.165, 1.54) is 0 Å². The Morgan fingerprint density at radius 1 is 1.48 bits per heavy atom. The molecule has 0 bridgehead atoms. The maximum absolute atomic E-state index is 11.9. The zero-order chi connectivity index (χ0) is 15.1. The molecule has 1 fully saturated rings. The van der Waals surface area contributed by atoms with Gasteiger partial charge in [0.2, 0.25) is 0 Å². The smallest absolute Gasteiger partial charge is 0.310 e. The summed E-state index contributed by atoms with van der Waals surface area (Å²) in [4.78, 5) is 14.2. The van der Waals surface area contributed by atoms with Crippen molar-refractivity contribution in [2.75, 3.05) is 19.7 Å². The molecule has 21 heavy (non-hydrogen) atoms. The van der Waals surface area contributed by atoms with Crippen LogP contribution in [0.15, 0.2) is 30.3 Å². The van der Waals surface area contributed by atoms with Gasteiger partial charge in [-0.15, -0.1) is 0 Å². The number of benzene rings is 1. The first-order valence-corrected chi connectivity index (χ1v) is 7.58. The maximum Gasteiger partial charge on any atom is 0.310 e. The Balaban J connectivity index is 2.10. The molecule has 1 aromatic carbocycles. The fourth-order valence-corrected chi connectivity index (χ4v) is 2.96. The van der Waals surface area contributed by atoms with Crippen LogP contribution in [0, 0.1) is 17.2 Å². The number of likely N-dealkylation sites (tertiary alicyclic amines) is 1. The third-order valence-corrected chi connectivity index (χ3v) is 3.98. The Morgan fingerprint density at radius 3 is 2.90 bits per heavy atom. The molecule has 1 aliphatic heterocycles. The normalized spacial score (nSPS) is 20.5. The van der Waals surface area contributed by atoms with Crippen LogP contribution in [0.2, 0.25) is 0 Å². The molecular weight excluding hydrogens is 264 g/mol. The minimum atomic E-state index is -0.106. The Hall–Kier alpha value is -1.86. The summed E-state index contributed by atoms with van der Waals surface area (Å²) in [6.45, 7) is 3.87. The van der Waals surface area contributed by atoms with Crippen LogP contribution in [0.25, 0.3) is 0 Å². The highest BCUT2D eigenvalue weighted by atomic mass is 16.5. The van der Waals surface area contributed by atoms with E-state index in [0.717, 1.165) is 24.9 Å². The van der Waals surface area contributed by atoms with Crippen LogP contribution in [0.5, 0.6) is 0 Å². The zero-order valence-corrected chi connectivity index (χ0v) is 12.5. The van der Waals surface area contributed by atoms with Gasteiger partial charge >= 0.3 is 5.97 Å². The zero-order valence-electron chi connectivity index (χ0n) is 12.5. The summed E-state index contributed by atoms with van der Waals surface area (Å²) in [5.41, 5.74) is 1.14. The maximum atomic E-state index is 11.9. The van der Waals surface area contributed by atoms with Gasteiger partial charge in [-0.25, -0.2) is 0 Å². The van der Waals surface area contributed by atoms with Crippen molar-refractivity contribution in [3.8, 4) is 6.07 Å². The minimum absolute atomic E-state index is 0.0634. The lowest BCUT2D eigenvalue weighted by Gasteiger charge is -2.36. The van der Waals surface area contributed by atoms with Gasteiger partial charge in [0.15, 0.2) is 0 Å². The Bertz CT molecular complexity index is 495. The fraction of sp³-hybridized carbons (Fsp3) is 0.529. The summed E-state index contributed by atoms with van der Waals surface area (Å²) < 4.78 is 5.14. The molecule has 0 aromatic heterocycles. The second-order valence-electron chi connectivity index (χ2n) is 5.37. The van der Waals surface area contributed by atoms with E-state index in [-0.39, 0.29) is 17.9 Å². The average Bonchev–Trinajstić information content (AvgIpc) is 2.54. The molecule has 0 amide bonds. The molecule has 0 saturated carbocycles. The average molecular weight is 286 g/mol. The summed E-state index contributed by atoms with van der Waals surface area (Å²) >= 11 is 0. The number of carbonyl (C=O) groups is 1. The minimum Gasteiger partial charge on any atom is -0.466 e. The van der Waals surface area contributed by atoms with Crippen molar-refractivity contribution >= 4 is 5.97 Å². The van der Waals surface area contributed by atoms with Crippen molar-refractivity contribution in [3.05, 3.63) is 35.9 Å². The Morgan fingerprint density at radius 2 is 2.24 bits per heavy atom. The summed E-state index contributed by atoms with van der Waals surface area (Å²) in [5.74, 6) is -0.172. The van der Waals surface area contributed by atoms with Gasteiger partial charge in [-0.05, 0) is 31.9 Å². The van der Waals surface area contributed by atoms with Crippen LogP contribution >= 0.6 is 0 Å². The van der Waals surface area contributed by atoms with Gasteiger partial charge < -0.3 is 4.74 Å². The number of nitrogens with zero attached hydrogens (tertiary/aromatic N) is 2. The molecular formula is C17H22N2O2. The highest BCUT2D eigenvalue weighted by Crippen LogP contribution is 2.29. The van der Waals surface area contributed by atoms with Gasteiger partial charge in [0.1, 0.15) is 0 Å². The van der Waals surface area contributed by atoms with Crippen LogP contribution in [0.4, 0.5) is 0 Å². The second kappa shape index (κ2) is 7.80. The molecule has 1 saturated heterocycles. The van der Waals surface area contributed by atoms with Crippen LogP contribution in [-0.2, 0) is 9.53 Å². The summed E-state index contributed by atoms with van der Waals surface area (Å²) in [6.07, 6.45) is 2.29. The van der Waals surface area contributed by atoms with Crippen LogP contribution in [-0.4, -0.2) is 30.6 Å². The second-order valence-corrected chi connectivity index (χ2v) is 5.37. The SMILES string of the molecule is CCOC(=O)[C@H]1CCCN(C(CC#N)c2ccccc2)C1. The first kappa shape index (κ1) is 15.5. The summed E-state index contributed by atoms with van der Waals surface area (Å²) in [7, 11) is 0. The third-order valence-electron chi connectivity index (χ3n) is 3.98. The van der Waals surface area contributed by atoms with Crippen LogP contribution in [0.1, 0.15) is 37.8 Å². The highest BCUT2D eigenvalue weighted by Gasteiger charge is 2.31. The van der Waals surface area contributed by atoms with Gasteiger partial charge in [-0.2, -0.15) is 5.26 Å². The molecule has 2 atom stereocenters. The van der Waals surface area contributed by atoms with E-state index in [4.69, 9.17) is 10.00 Å². The highest BCUT2D eigenvalue weighted by molar-refractivity contribution is 5.72. The third kappa shape index (κ3) is 4.05. The lowest BCUT2D eigenvalue weighted by molar-refractivity contribution is -0.150. The number of ether oxygens (including phenoxy) is 1. The first-order chi connectivity index (χ1) is 10.3. The number of esters is 1. The predicted octanol–water partition coefficient (Wildman–Crippen LogP) is 2.92. The molecule has 0 N–H and O–H groups in total. The van der Waals surface area contributed by atoms with E-state index in [0.29, 0.717) is 19.6 Å². The van der Waals surface area contributed by atoms with Crippen molar-refractivity contribution < 1.29 is 9.53 Å². The molecule has 0 spiro atoms. The summed E-state index contributed by atoms with van der Waals surface area (Å²) in [6, 6.07) is 12.4. The van der Waals surface area contributed by atoms with Crippen LogP contribution in [0.3, 0.4) is 0 Å². The number of hydrogen-bond acceptors (Lipinski definition) is 4. The van der Waals surface area contributed by atoms with Crippen molar-refractivity contribution in [2.45, 2.75) is 32.2 Å². The number of rotatable bonds is 5. The number of hydrogen-bond donors (Lipinski definition) is 0. The standard InChI is InChI=1S/C17H22N2O2/c1-2-21-17(20)15-9-6-12-19(13-15)16(10-11-18)14-7-4-3-5-8-14/h3-5,7-8,15-16H,2,6,9-10,12-13H2,1H3/t15-,16?/m0/s1. The molecule has 4 heteroatoms. The molecule has 1 heterocycles. The van der Waals surface area contributed by atoms with Crippen molar-refractivity contribution in [1.82, 2.24) is 4.90 Å². The topological polar surface area (TPSA) is 53.3 Å². The van der Waals surface area contributed by atoms with Gasteiger partial charge in [0.25, 0.3) is 0 Å². The monoisotopic (exact) mass is 286 g/mol. The molecule has 0 radical (unpaired) electrons. The van der Waals surface area contributed by atoms with Crippen molar-refractivity contribution in [2.24, 2.45) is 5.92 Å². The molecule has 2 rings (SSSR count). The van der Waals surface area contributed by atoms with E-state index >= 15 is 0 Å². The number of piperidine rings is 1. The lowest BCUT2D eigenvalue weighted by Crippen LogP contribution is -2.41. The predicted molar refractivity (Wildman–Crippen MR) is 80.3 cm³/mol. The molecule has 1 aliphatic rings. The van der Waals surface area contributed by atoms with E-state index in [1.807, 2.05) is 25.1 Å². The fourth-order valence-electron chi connectivity index (χ4n) is 2.96. The molecule has 112 valence electrons. The van der Waals surface area contributed by atoms with Gasteiger partial charge in [0.05, 0.1) is 25.0 Å². The number of nitriles is 1. The van der Waals surface area contributed by atoms with E-state index < -0.39 is 0 Å². The van der Waals surface area contributed by atoms with E-state index in [2.05, 4.69) is 23.1 Å². The molecule has 1 aromatic rings. The van der Waals surface area contributed by atoms with E-state index in [9.17, 15) is 4.79 Å². The van der Waals surface area contributed by atoms with Gasteiger partial charge in [0, 0.05) is 12.6 Å². The molecule has 0 aliphatic carbocycles. The summed E-state index contributed by atoms with van der Waals surface area (Å²) in [5, 5.41) is 9.12. The first-order valence-electron chi connectivity index (χ1n) is 7.58. The van der Waals surface area contributed by atoms with Crippen molar-refractivity contribution in [3.63, 3.8) is 0 Å². The van der Waals surface area contributed by atoms with Gasteiger partial charge in [-0.1, -0.05) is 30.3 Å². The quantitative estimate of drug-likeness (QED) is 0.781. The molecule has 4 nitrogen and oxygen atoms in total. The number of carbonyl (C=O) groups excluding carboxylic acids is 1. The molecule has 1 unspecified atom stereocenters. The van der Waals surface area contributed by atoms with E-state index in [1.54, 1.807) is 0 Å². The van der Waals surface area contributed by atoms with Gasteiger partial charge in [-0.3, -0.25) is 9.69 Å².